The summed E-state index contributed by atoms with van der Waals surface area (Å²) in [6.07, 6.45) is -3.80. The van der Waals surface area contributed by atoms with E-state index in [4.69, 9.17) is 0 Å². The average Bonchev–Trinajstić information content (AvgIpc) is 2.78. The number of alkyl halides is 3. The maximum atomic E-state index is 12.6. The number of halogens is 3. The van der Waals surface area contributed by atoms with E-state index in [1.54, 1.807) is 0 Å². The summed E-state index contributed by atoms with van der Waals surface area (Å²) in [7, 11) is -0.749. The predicted octanol–water partition coefficient (Wildman–Crippen LogP) is 1.65. The van der Waals surface area contributed by atoms with Gasteiger partial charge in [0, 0.05) is 45.8 Å². The number of nitrogens with zero attached hydrogens (tertiary/aromatic N) is 3. The fraction of sp³-hybridized carbons (Fsp3) is 0.562. The van der Waals surface area contributed by atoms with Crippen LogP contribution in [0.2, 0.25) is 0 Å². The van der Waals surface area contributed by atoms with Crippen LogP contribution in [0.15, 0.2) is 29.2 Å². The molecule has 0 N–H and O–H groups in total. The minimum Gasteiger partial charge on any atom is -0.337 e. The summed E-state index contributed by atoms with van der Waals surface area (Å²) < 4.78 is 62.7. The van der Waals surface area contributed by atoms with Crippen LogP contribution < -0.4 is 0 Å². The molecule has 0 radical (unpaired) electrons. The van der Waals surface area contributed by atoms with Gasteiger partial charge in [-0.05, 0) is 30.7 Å². The molecule has 0 bridgehead atoms. The van der Waals surface area contributed by atoms with Crippen molar-refractivity contribution in [2.24, 2.45) is 0 Å². The zero-order valence-electron chi connectivity index (χ0n) is 14.7. The second kappa shape index (κ2) is 7.93. The standard InChI is InChI=1S/C16H22F3N3O3S/c1-20(2)26(24,25)14-6-4-13(5-7-14)15(23)22-9-3-8-21(10-11-22)12-16(17,18)19/h4-7H,3,8-12H2,1-2H3. The number of carbonyl (C=O) groups excluding carboxylic acids is 1. The van der Waals surface area contributed by atoms with Gasteiger partial charge in [-0.25, -0.2) is 12.7 Å². The molecule has 1 aromatic carbocycles. The van der Waals surface area contributed by atoms with Gasteiger partial charge in [-0.3, -0.25) is 9.69 Å². The van der Waals surface area contributed by atoms with Crippen molar-refractivity contribution in [1.29, 1.82) is 0 Å². The van der Waals surface area contributed by atoms with E-state index in [0.29, 0.717) is 18.5 Å². The van der Waals surface area contributed by atoms with Crippen molar-refractivity contribution in [3.8, 4) is 0 Å². The van der Waals surface area contributed by atoms with Gasteiger partial charge < -0.3 is 4.90 Å². The van der Waals surface area contributed by atoms with Crippen LogP contribution in [0, 0.1) is 0 Å². The summed E-state index contributed by atoms with van der Waals surface area (Å²) in [6.45, 7) is 0.0192. The van der Waals surface area contributed by atoms with Gasteiger partial charge in [-0.15, -0.1) is 0 Å². The Balaban J connectivity index is 2.05. The summed E-state index contributed by atoms with van der Waals surface area (Å²) in [5, 5.41) is 0. The molecule has 1 aliphatic heterocycles. The molecule has 1 aliphatic rings. The van der Waals surface area contributed by atoms with E-state index in [1.807, 2.05) is 0 Å². The Bertz CT molecular complexity index is 733. The lowest BCUT2D eigenvalue weighted by molar-refractivity contribution is -0.145. The molecule has 0 atom stereocenters. The lowest BCUT2D eigenvalue weighted by Crippen LogP contribution is -2.38. The second-order valence-corrected chi connectivity index (χ2v) is 8.50. The third-order valence-corrected chi connectivity index (χ3v) is 5.99. The van der Waals surface area contributed by atoms with Crippen LogP contribution >= 0.6 is 0 Å². The van der Waals surface area contributed by atoms with Gasteiger partial charge in [0.1, 0.15) is 0 Å². The fourth-order valence-corrected chi connectivity index (χ4v) is 3.65. The molecule has 10 heteroatoms. The van der Waals surface area contributed by atoms with Gasteiger partial charge in [-0.1, -0.05) is 0 Å². The molecule has 1 saturated heterocycles. The smallest absolute Gasteiger partial charge is 0.337 e. The lowest BCUT2D eigenvalue weighted by atomic mass is 10.2. The van der Waals surface area contributed by atoms with Crippen molar-refractivity contribution in [3.05, 3.63) is 29.8 Å². The Morgan fingerprint density at radius 3 is 2.23 bits per heavy atom. The summed E-state index contributed by atoms with van der Waals surface area (Å²) in [4.78, 5) is 15.4. The van der Waals surface area contributed by atoms with E-state index in [0.717, 1.165) is 4.31 Å². The van der Waals surface area contributed by atoms with Crippen molar-refractivity contribution in [2.75, 3.05) is 46.8 Å². The monoisotopic (exact) mass is 393 g/mol. The zero-order chi connectivity index (χ0) is 19.5. The molecule has 1 amide bonds. The maximum Gasteiger partial charge on any atom is 0.401 e. The van der Waals surface area contributed by atoms with Crippen molar-refractivity contribution >= 4 is 15.9 Å². The first-order valence-electron chi connectivity index (χ1n) is 8.12. The normalized spacial score (nSPS) is 17.4. The number of rotatable bonds is 4. The number of amides is 1. The van der Waals surface area contributed by atoms with Gasteiger partial charge in [0.05, 0.1) is 11.4 Å². The zero-order valence-corrected chi connectivity index (χ0v) is 15.5. The van der Waals surface area contributed by atoms with Crippen molar-refractivity contribution in [1.82, 2.24) is 14.1 Å². The van der Waals surface area contributed by atoms with E-state index in [-0.39, 0.29) is 30.4 Å². The molecular weight excluding hydrogens is 371 g/mol. The van der Waals surface area contributed by atoms with Crippen molar-refractivity contribution < 1.29 is 26.4 Å². The first-order chi connectivity index (χ1) is 12.0. The number of sulfonamides is 1. The summed E-state index contributed by atoms with van der Waals surface area (Å²) in [6, 6.07) is 5.57. The van der Waals surface area contributed by atoms with Crippen LogP contribution in [0.5, 0.6) is 0 Å². The highest BCUT2D eigenvalue weighted by molar-refractivity contribution is 7.89. The first-order valence-corrected chi connectivity index (χ1v) is 9.56. The molecule has 1 heterocycles. The second-order valence-electron chi connectivity index (χ2n) is 6.35. The summed E-state index contributed by atoms with van der Waals surface area (Å²) in [5.74, 6) is -0.312. The average molecular weight is 393 g/mol. The van der Waals surface area contributed by atoms with Gasteiger partial charge in [-0.2, -0.15) is 13.2 Å². The molecule has 0 aromatic heterocycles. The van der Waals surface area contributed by atoms with Crippen LogP contribution in [0.4, 0.5) is 13.2 Å². The number of hydrogen-bond acceptors (Lipinski definition) is 4. The Morgan fingerprint density at radius 2 is 1.69 bits per heavy atom. The Labute approximate surface area is 151 Å². The topological polar surface area (TPSA) is 60.9 Å². The van der Waals surface area contributed by atoms with Crippen LogP contribution in [0.25, 0.3) is 0 Å². The molecule has 0 unspecified atom stereocenters. The number of hydrogen-bond donors (Lipinski definition) is 0. The van der Waals surface area contributed by atoms with Crippen LogP contribution in [0.1, 0.15) is 16.8 Å². The highest BCUT2D eigenvalue weighted by Crippen LogP contribution is 2.19. The third-order valence-electron chi connectivity index (χ3n) is 4.16. The maximum absolute atomic E-state index is 12.6. The molecule has 2 rings (SSSR count). The quantitative estimate of drug-likeness (QED) is 0.781. The van der Waals surface area contributed by atoms with E-state index in [2.05, 4.69) is 0 Å². The molecule has 1 aromatic rings. The fourth-order valence-electron chi connectivity index (χ4n) is 2.75. The molecule has 6 nitrogen and oxygen atoms in total. The van der Waals surface area contributed by atoms with Crippen LogP contribution in [-0.4, -0.2) is 81.4 Å². The third kappa shape index (κ3) is 5.18. The van der Waals surface area contributed by atoms with Gasteiger partial charge >= 0.3 is 6.18 Å². The summed E-state index contributed by atoms with van der Waals surface area (Å²) in [5.41, 5.74) is 0.312. The minimum absolute atomic E-state index is 0.0752. The number of carbonyl (C=O) groups is 1. The van der Waals surface area contributed by atoms with Gasteiger partial charge in [0.25, 0.3) is 5.91 Å². The molecule has 146 valence electrons. The molecule has 26 heavy (non-hydrogen) atoms. The Kier molecular flexibility index (Phi) is 6.30. The highest BCUT2D eigenvalue weighted by Gasteiger charge is 2.32. The molecule has 0 spiro atoms. The minimum atomic E-state index is -4.26. The van der Waals surface area contributed by atoms with Crippen LogP contribution in [0.3, 0.4) is 0 Å². The van der Waals surface area contributed by atoms with Crippen LogP contribution in [-0.2, 0) is 10.0 Å². The van der Waals surface area contributed by atoms with Crippen molar-refractivity contribution in [3.63, 3.8) is 0 Å². The molecule has 0 saturated carbocycles. The van der Waals surface area contributed by atoms with E-state index in [9.17, 15) is 26.4 Å². The Hall–Kier alpha value is -1.65. The summed E-state index contributed by atoms with van der Waals surface area (Å²) >= 11 is 0. The largest absolute Gasteiger partial charge is 0.401 e. The molecule has 1 fully saturated rings. The van der Waals surface area contributed by atoms with E-state index < -0.39 is 22.7 Å². The van der Waals surface area contributed by atoms with Crippen molar-refractivity contribution in [2.45, 2.75) is 17.5 Å². The molecular formula is C16H22F3N3O3S. The van der Waals surface area contributed by atoms with Gasteiger partial charge in [0.2, 0.25) is 10.0 Å². The molecule has 0 aliphatic carbocycles. The van der Waals surface area contributed by atoms with E-state index in [1.165, 1.54) is 48.2 Å². The SMILES string of the molecule is CN(C)S(=O)(=O)c1ccc(C(=O)N2CCCN(CC(F)(F)F)CC2)cc1. The van der Waals surface area contributed by atoms with E-state index >= 15 is 0 Å². The predicted molar refractivity (Wildman–Crippen MR) is 90.3 cm³/mol. The lowest BCUT2D eigenvalue weighted by Gasteiger charge is -2.23. The number of benzene rings is 1. The Morgan fingerprint density at radius 1 is 1.08 bits per heavy atom. The highest BCUT2D eigenvalue weighted by atomic mass is 32.2. The first kappa shape index (κ1) is 20.7. The van der Waals surface area contributed by atoms with Gasteiger partial charge in [0.15, 0.2) is 0 Å².